The van der Waals surface area contributed by atoms with E-state index in [1.807, 2.05) is 31.2 Å². The van der Waals surface area contributed by atoms with E-state index in [1.54, 1.807) is 6.21 Å². The molecule has 0 aliphatic rings. The lowest BCUT2D eigenvalue weighted by molar-refractivity contribution is 0.215. The number of fused-ring (bicyclic) bond motifs is 1. The first-order chi connectivity index (χ1) is 9.19. The first-order valence-corrected chi connectivity index (χ1v) is 6.57. The molecular weight excluding hydrogens is 258 g/mol. The molecule has 19 heavy (non-hydrogen) atoms. The van der Waals surface area contributed by atoms with Gasteiger partial charge in [-0.2, -0.15) is 0 Å². The van der Waals surface area contributed by atoms with Gasteiger partial charge >= 0.3 is 0 Å². The van der Waals surface area contributed by atoms with Gasteiger partial charge in [-0.1, -0.05) is 35.2 Å². The van der Waals surface area contributed by atoms with Crippen LogP contribution in [0.4, 0.5) is 5.13 Å². The Kier molecular flexibility index (Phi) is 3.97. The lowest BCUT2D eigenvalue weighted by Crippen LogP contribution is -1.88. The summed E-state index contributed by atoms with van der Waals surface area (Å²) in [6.07, 6.45) is 5.48. The fourth-order valence-electron chi connectivity index (χ4n) is 1.85. The minimum atomic E-state index is 0.542. The van der Waals surface area contributed by atoms with Crippen molar-refractivity contribution in [3.8, 4) is 0 Å². The second-order valence-electron chi connectivity index (χ2n) is 3.83. The molecule has 2 N–H and O–H groups in total. The lowest BCUT2D eigenvalue weighted by Gasteiger charge is -2.04. The third-order valence-corrected chi connectivity index (χ3v) is 3.65. The zero-order chi connectivity index (χ0) is 13.8. The van der Waals surface area contributed by atoms with Crippen molar-refractivity contribution in [2.24, 2.45) is 5.16 Å². The number of rotatable bonds is 4. The van der Waals surface area contributed by atoms with Gasteiger partial charge in [-0.15, -0.1) is 0 Å². The summed E-state index contributed by atoms with van der Waals surface area (Å²) in [5, 5.41) is 4.36. The molecule has 0 atom stereocenters. The molecule has 0 saturated carbocycles. The molecule has 1 aromatic carbocycles. The predicted molar refractivity (Wildman–Crippen MR) is 82.5 cm³/mol. The number of allylic oxidation sites excluding steroid dienone is 3. The van der Waals surface area contributed by atoms with E-state index in [4.69, 9.17) is 10.6 Å². The lowest BCUT2D eigenvalue weighted by atomic mass is 10.0. The summed E-state index contributed by atoms with van der Waals surface area (Å²) in [5.74, 6) is 0. The second kappa shape index (κ2) is 5.67. The van der Waals surface area contributed by atoms with Crippen LogP contribution in [0.1, 0.15) is 18.1 Å². The third kappa shape index (κ3) is 2.66. The highest BCUT2D eigenvalue weighted by Crippen LogP contribution is 2.30. The SMILES string of the molecule is C=C/C(=C\C)c1cc(/C=N/OC)c2sc(N)nc2c1. The highest BCUT2D eigenvalue weighted by molar-refractivity contribution is 7.22. The number of aromatic nitrogens is 1. The van der Waals surface area contributed by atoms with Crippen molar-refractivity contribution < 1.29 is 4.84 Å². The number of benzene rings is 1. The van der Waals surface area contributed by atoms with Crippen LogP contribution in [0.15, 0.2) is 36.0 Å². The van der Waals surface area contributed by atoms with Crippen LogP contribution in [0.25, 0.3) is 15.8 Å². The first kappa shape index (κ1) is 13.3. The summed E-state index contributed by atoms with van der Waals surface area (Å²) in [6, 6.07) is 4.03. The minimum absolute atomic E-state index is 0.542. The molecule has 0 saturated heterocycles. The molecule has 0 bridgehead atoms. The maximum Gasteiger partial charge on any atom is 0.181 e. The Bertz CT molecular complexity index is 671. The topological polar surface area (TPSA) is 60.5 Å². The van der Waals surface area contributed by atoms with E-state index in [-0.39, 0.29) is 0 Å². The zero-order valence-corrected chi connectivity index (χ0v) is 11.7. The Hall–Kier alpha value is -2.14. The van der Waals surface area contributed by atoms with Crippen LogP contribution >= 0.6 is 11.3 Å². The Morgan fingerprint density at radius 1 is 1.53 bits per heavy atom. The fourth-order valence-corrected chi connectivity index (χ4v) is 2.64. The number of hydrogen-bond acceptors (Lipinski definition) is 5. The van der Waals surface area contributed by atoms with Gasteiger partial charge in [0.15, 0.2) is 5.13 Å². The van der Waals surface area contributed by atoms with Crippen LogP contribution in [0.5, 0.6) is 0 Å². The van der Waals surface area contributed by atoms with Crippen molar-refractivity contribution in [2.45, 2.75) is 6.92 Å². The molecule has 0 unspecified atom stereocenters. The maximum absolute atomic E-state index is 5.78. The fraction of sp³-hybridized carbons (Fsp3) is 0.143. The molecule has 0 fully saturated rings. The summed E-state index contributed by atoms with van der Waals surface area (Å²) in [4.78, 5) is 9.07. The average molecular weight is 273 g/mol. The number of nitrogens with zero attached hydrogens (tertiary/aromatic N) is 2. The van der Waals surface area contributed by atoms with Crippen molar-refractivity contribution >= 4 is 38.5 Å². The summed E-state index contributed by atoms with van der Waals surface area (Å²) >= 11 is 1.44. The van der Waals surface area contributed by atoms with Gasteiger partial charge < -0.3 is 10.6 Å². The molecule has 0 spiro atoms. The van der Waals surface area contributed by atoms with Gasteiger partial charge in [-0.05, 0) is 30.2 Å². The highest BCUT2D eigenvalue weighted by atomic mass is 32.1. The van der Waals surface area contributed by atoms with E-state index in [2.05, 4.69) is 16.7 Å². The monoisotopic (exact) mass is 273 g/mol. The van der Waals surface area contributed by atoms with Crippen LogP contribution in [-0.2, 0) is 4.84 Å². The van der Waals surface area contributed by atoms with Crippen LogP contribution < -0.4 is 5.73 Å². The van der Waals surface area contributed by atoms with E-state index in [9.17, 15) is 0 Å². The van der Waals surface area contributed by atoms with E-state index >= 15 is 0 Å². The van der Waals surface area contributed by atoms with Crippen LogP contribution in [0, 0.1) is 0 Å². The largest absolute Gasteiger partial charge is 0.399 e. The van der Waals surface area contributed by atoms with Crippen molar-refractivity contribution in [1.82, 2.24) is 4.98 Å². The van der Waals surface area contributed by atoms with Gasteiger partial charge in [0.25, 0.3) is 0 Å². The van der Waals surface area contributed by atoms with Gasteiger partial charge in [0.2, 0.25) is 0 Å². The van der Waals surface area contributed by atoms with Crippen molar-refractivity contribution in [3.05, 3.63) is 42.0 Å². The molecular formula is C14H15N3OS. The molecule has 4 nitrogen and oxygen atoms in total. The Labute approximate surface area is 115 Å². The average Bonchev–Trinajstić information content (AvgIpc) is 2.78. The van der Waals surface area contributed by atoms with Crippen LogP contribution in [-0.4, -0.2) is 18.3 Å². The number of hydrogen-bond donors (Lipinski definition) is 1. The summed E-state index contributed by atoms with van der Waals surface area (Å²) in [6.45, 7) is 5.79. The Morgan fingerprint density at radius 3 is 2.95 bits per heavy atom. The van der Waals surface area contributed by atoms with Gasteiger partial charge in [0.1, 0.15) is 7.11 Å². The van der Waals surface area contributed by atoms with E-state index in [1.165, 1.54) is 18.4 Å². The quantitative estimate of drug-likeness (QED) is 0.527. The molecule has 5 heteroatoms. The van der Waals surface area contributed by atoms with E-state index in [0.29, 0.717) is 5.13 Å². The highest BCUT2D eigenvalue weighted by Gasteiger charge is 2.09. The zero-order valence-electron chi connectivity index (χ0n) is 10.9. The number of nitrogens with two attached hydrogens (primary N) is 1. The van der Waals surface area contributed by atoms with E-state index in [0.717, 1.165) is 26.9 Å². The number of anilines is 1. The Balaban J connectivity index is 2.68. The van der Waals surface area contributed by atoms with Gasteiger partial charge in [-0.3, -0.25) is 0 Å². The third-order valence-electron chi connectivity index (χ3n) is 2.70. The predicted octanol–water partition coefficient (Wildman–Crippen LogP) is 3.45. The summed E-state index contributed by atoms with van der Waals surface area (Å²) in [7, 11) is 1.51. The molecule has 1 aromatic heterocycles. The molecule has 0 aliphatic heterocycles. The van der Waals surface area contributed by atoms with Crippen molar-refractivity contribution in [2.75, 3.05) is 12.8 Å². The normalized spacial score (nSPS) is 12.2. The summed E-state index contributed by atoms with van der Waals surface area (Å²) < 4.78 is 1.00. The molecule has 0 radical (unpaired) electrons. The second-order valence-corrected chi connectivity index (χ2v) is 4.86. The first-order valence-electron chi connectivity index (χ1n) is 5.75. The molecule has 0 amide bonds. The van der Waals surface area contributed by atoms with Crippen molar-refractivity contribution in [3.63, 3.8) is 0 Å². The molecule has 98 valence electrons. The smallest absolute Gasteiger partial charge is 0.181 e. The van der Waals surface area contributed by atoms with Crippen LogP contribution in [0.3, 0.4) is 0 Å². The maximum atomic E-state index is 5.78. The minimum Gasteiger partial charge on any atom is -0.399 e. The van der Waals surface area contributed by atoms with Gasteiger partial charge in [0, 0.05) is 5.56 Å². The summed E-state index contributed by atoms with van der Waals surface area (Å²) in [5.41, 5.74) is 9.65. The standard InChI is InChI=1S/C14H15N3OS/c1-4-9(5-2)10-6-11(8-16-18-3)13-12(7-10)17-14(15)19-13/h4-8H,1H2,2-3H3,(H2,15,17)/b9-5+,16-8+. The molecule has 0 aliphatic carbocycles. The van der Waals surface area contributed by atoms with Gasteiger partial charge in [0.05, 0.1) is 16.4 Å². The van der Waals surface area contributed by atoms with Crippen molar-refractivity contribution in [1.29, 1.82) is 0 Å². The Morgan fingerprint density at radius 2 is 2.32 bits per heavy atom. The number of oxime groups is 1. The number of thiazole rings is 1. The van der Waals surface area contributed by atoms with E-state index < -0.39 is 0 Å². The molecule has 2 aromatic rings. The van der Waals surface area contributed by atoms with Crippen LogP contribution in [0.2, 0.25) is 0 Å². The molecule has 2 rings (SSSR count). The number of nitrogen functional groups attached to an aromatic ring is 1. The molecule has 1 heterocycles. The van der Waals surface area contributed by atoms with Gasteiger partial charge in [-0.25, -0.2) is 4.98 Å².